The maximum absolute atomic E-state index is 11.7. The average molecular weight is 286 g/mol. The Labute approximate surface area is 118 Å². The third kappa shape index (κ3) is 6.40. The zero-order valence-electron chi connectivity index (χ0n) is 11.4. The predicted molar refractivity (Wildman–Crippen MR) is 76.3 cm³/mol. The second-order valence-corrected chi connectivity index (χ2v) is 5.78. The summed E-state index contributed by atoms with van der Waals surface area (Å²) in [6, 6.07) is 2.93. The maximum Gasteiger partial charge on any atom is 0.319 e. The number of amides is 2. The number of aliphatic hydroxyl groups is 1. The van der Waals surface area contributed by atoms with Crippen molar-refractivity contribution in [1.29, 1.82) is 0 Å². The van der Waals surface area contributed by atoms with Gasteiger partial charge in [0.15, 0.2) is 0 Å². The molecule has 19 heavy (non-hydrogen) atoms. The van der Waals surface area contributed by atoms with E-state index in [1.165, 1.54) is 6.20 Å². The van der Waals surface area contributed by atoms with Gasteiger partial charge in [-0.05, 0) is 30.9 Å². The number of hydrogen-bond donors (Lipinski definition) is 3. The van der Waals surface area contributed by atoms with Gasteiger partial charge in [0.25, 0.3) is 0 Å². The van der Waals surface area contributed by atoms with Crippen LogP contribution in [0.25, 0.3) is 0 Å². The zero-order valence-corrected chi connectivity index (χ0v) is 12.2. The van der Waals surface area contributed by atoms with Crippen molar-refractivity contribution >= 4 is 23.3 Å². The first-order valence-corrected chi connectivity index (χ1v) is 6.51. The third-order valence-corrected chi connectivity index (χ3v) is 2.77. The summed E-state index contributed by atoms with van der Waals surface area (Å²) in [4.78, 5) is 15.5. The van der Waals surface area contributed by atoms with Gasteiger partial charge in [-0.1, -0.05) is 25.4 Å². The van der Waals surface area contributed by atoms with Gasteiger partial charge in [-0.25, -0.2) is 9.78 Å². The molecule has 5 nitrogen and oxygen atoms in total. The summed E-state index contributed by atoms with van der Waals surface area (Å²) in [5, 5.41) is 15.1. The van der Waals surface area contributed by atoms with Gasteiger partial charge in [0.05, 0.1) is 6.10 Å². The fourth-order valence-corrected chi connectivity index (χ4v) is 2.02. The van der Waals surface area contributed by atoms with E-state index in [9.17, 15) is 9.90 Å². The lowest BCUT2D eigenvalue weighted by molar-refractivity contribution is 0.129. The first-order valence-electron chi connectivity index (χ1n) is 6.13. The molecule has 0 aliphatic rings. The standard InChI is InChI=1S/C13H20ClN3O2/c1-9(18)7-13(2,3)8-16-12(19)17-10-4-5-15-11(14)6-10/h4-6,9,18H,7-8H2,1-3H3,(H2,15,16,17,19). The first-order chi connectivity index (χ1) is 8.78. The lowest BCUT2D eigenvalue weighted by Gasteiger charge is -2.26. The number of carbonyl (C=O) groups excluding carboxylic acids is 1. The molecule has 2 amide bonds. The quantitative estimate of drug-likeness (QED) is 0.728. The van der Waals surface area contributed by atoms with Crippen molar-refractivity contribution in [3.05, 3.63) is 23.5 Å². The zero-order chi connectivity index (χ0) is 14.5. The summed E-state index contributed by atoms with van der Waals surface area (Å²) in [7, 11) is 0. The molecule has 0 aliphatic heterocycles. The highest BCUT2D eigenvalue weighted by Gasteiger charge is 2.21. The minimum absolute atomic E-state index is 0.165. The molecule has 0 fully saturated rings. The molecule has 6 heteroatoms. The molecular weight excluding hydrogens is 266 g/mol. The van der Waals surface area contributed by atoms with Gasteiger partial charge in [0, 0.05) is 18.4 Å². The third-order valence-electron chi connectivity index (χ3n) is 2.56. The van der Waals surface area contributed by atoms with Crippen LogP contribution in [0.3, 0.4) is 0 Å². The largest absolute Gasteiger partial charge is 0.393 e. The van der Waals surface area contributed by atoms with E-state index in [4.69, 9.17) is 11.6 Å². The lowest BCUT2D eigenvalue weighted by Crippen LogP contribution is -2.38. The van der Waals surface area contributed by atoms with Crippen LogP contribution in [0.2, 0.25) is 5.15 Å². The molecule has 0 aromatic carbocycles. The Bertz CT molecular complexity index is 436. The summed E-state index contributed by atoms with van der Waals surface area (Å²) in [6.07, 6.45) is 1.75. The van der Waals surface area contributed by atoms with Crippen LogP contribution in [0.4, 0.5) is 10.5 Å². The Hall–Kier alpha value is -1.33. The number of nitrogens with zero attached hydrogens (tertiary/aromatic N) is 1. The molecular formula is C13H20ClN3O2. The smallest absolute Gasteiger partial charge is 0.319 e. The number of nitrogens with one attached hydrogen (secondary N) is 2. The summed E-state index contributed by atoms with van der Waals surface area (Å²) < 4.78 is 0. The molecule has 0 aliphatic carbocycles. The fraction of sp³-hybridized carbons (Fsp3) is 0.538. The van der Waals surface area contributed by atoms with Crippen molar-refractivity contribution in [3.63, 3.8) is 0 Å². The molecule has 0 spiro atoms. The molecule has 1 heterocycles. The molecule has 1 atom stereocenters. The van der Waals surface area contributed by atoms with E-state index in [0.29, 0.717) is 23.8 Å². The van der Waals surface area contributed by atoms with Crippen molar-refractivity contribution in [2.45, 2.75) is 33.3 Å². The first kappa shape index (κ1) is 15.7. The second kappa shape index (κ2) is 6.73. The minimum Gasteiger partial charge on any atom is -0.393 e. The molecule has 1 rings (SSSR count). The Morgan fingerprint density at radius 2 is 2.26 bits per heavy atom. The van der Waals surface area contributed by atoms with E-state index < -0.39 is 0 Å². The SMILES string of the molecule is CC(O)CC(C)(C)CNC(=O)Nc1ccnc(Cl)c1. The minimum atomic E-state index is -0.390. The van der Waals surface area contributed by atoms with E-state index in [2.05, 4.69) is 15.6 Å². The van der Waals surface area contributed by atoms with Crippen molar-refractivity contribution in [2.75, 3.05) is 11.9 Å². The van der Waals surface area contributed by atoms with E-state index in [1.807, 2.05) is 13.8 Å². The number of anilines is 1. The Kier molecular flexibility index (Phi) is 5.57. The van der Waals surface area contributed by atoms with Gasteiger partial charge in [-0.3, -0.25) is 0 Å². The maximum atomic E-state index is 11.7. The topological polar surface area (TPSA) is 74.2 Å². The molecule has 0 saturated heterocycles. The predicted octanol–water partition coefficient (Wildman–Crippen LogP) is 2.65. The summed E-state index contributed by atoms with van der Waals surface area (Å²) in [6.45, 7) is 6.19. The molecule has 0 saturated carbocycles. The molecule has 1 unspecified atom stereocenters. The summed E-state index contributed by atoms with van der Waals surface area (Å²) in [5.41, 5.74) is 0.423. The van der Waals surface area contributed by atoms with Crippen LogP contribution in [-0.4, -0.2) is 28.8 Å². The van der Waals surface area contributed by atoms with Gasteiger partial charge < -0.3 is 15.7 Å². The van der Waals surface area contributed by atoms with E-state index in [0.717, 1.165) is 0 Å². The van der Waals surface area contributed by atoms with Gasteiger partial charge in [-0.2, -0.15) is 0 Å². The highest BCUT2D eigenvalue weighted by Crippen LogP contribution is 2.21. The number of halogens is 1. The number of carbonyl (C=O) groups is 1. The highest BCUT2D eigenvalue weighted by molar-refractivity contribution is 6.29. The number of urea groups is 1. The Morgan fingerprint density at radius 3 is 2.84 bits per heavy atom. The summed E-state index contributed by atoms with van der Waals surface area (Å²) >= 11 is 5.72. The average Bonchev–Trinajstić information content (AvgIpc) is 2.25. The summed E-state index contributed by atoms with van der Waals surface area (Å²) in [5.74, 6) is 0. The number of pyridine rings is 1. The van der Waals surface area contributed by atoms with Crippen molar-refractivity contribution in [3.8, 4) is 0 Å². The van der Waals surface area contributed by atoms with Crippen LogP contribution in [0, 0.1) is 5.41 Å². The normalized spacial score (nSPS) is 12.9. The van der Waals surface area contributed by atoms with Crippen LogP contribution in [0.5, 0.6) is 0 Å². The van der Waals surface area contributed by atoms with Crippen molar-refractivity contribution < 1.29 is 9.90 Å². The highest BCUT2D eigenvalue weighted by atomic mass is 35.5. The monoisotopic (exact) mass is 285 g/mol. The van der Waals surface area contributed by atoms with Crippen LogP contribution in [0.1, 0.15) is 27.2 Å². The van der Waals surface area contributed by atoms with Crippen LogP contribution >= 0.6 is 11.6 Å². The van der Waals surface area contributed by atoms with Gasteiger partial charge in [0.2, 0.25) is 0 Å². The van der Waals surface area contributed by atoms with Crippen LogP contribution < -0.4 is 10.6 Å². The Balaban J connectivity index is 2.44. The second-order valence-electron chi connectivity index (χ2n) is 5.39. The van der Waals surface area contributed by atoms with E-state index >= 15 is 0 Å². The molecule has 3 N–H and O–H groups in total. The number of hydrogen-bond acceptors (Lipinski definition) is 3. The Morgan fingerprint density at radius 1 is 1.58 bits per heavy atom. The number of aromatic nitrogens is 1. The van der Waals surface area contributed by atoms with Gasteiger partial charge in [-0.15, -0.1) is 0 Å². The molecule has 1 aromatic heterocycles. The number of rotatable bonds is 5. The molecule has 0 bridgehead atoms. The lowest BCUT2D eigenvalue weighted by atomic mass is 9.87. The molecule has 106 valence electrons. The van der Waals surface area contributed by atoms with Gasteiger partial charge >= 0.3 is 6.03 Å². The van der Waals surface area contributed by atoms with Crippen LogP contribution in [-0.2, 0) is 0 Å². The van der Waals surface area contributed by atoms with Crippen molar-refractivity contribution in [2.24, 2.45) is 5.41 Å². The number of aliphatic hydroxyl groups excluding tert-OH is 1. The van der Waals surface area contributed by atoms with Crippen molar-refractivity contribution in [1.82, 2.24) is 10.3 Å². The fourth-order valence-electron chi connectivity index (χ4n) is 1.85. The molecule has 0 radical (unpaired) electrons. The van der Waals surface area contributed by atoms with Gasteiger partial charge in [0.1, 0.15) is 5.15 Å². The van der Waals surface area contributed by atoms with Crippen LogP contribution in [0.15, 0.2) is 18.3 Å². The van der Waals surface area contributed by atoms with E-state index in [-0.39, 0.29) is 17.6 Å². The molecule has 1 aromatic rings. The van der Waals surface area contributed by atoms with E-state index in [1.54, 1.807) is 19.1 Å².